The van der Waals surface area contributed by atoms with Gasteiger partial charge in [0, 0.05) is 22.9 Å². The molecule has 1 aliphatic carbocycles. The molecule has 2 fully saturated rings. The van der Waals surface area contributed by atoms with Crippen molar-refractivity contribution in [3.8, 4) is 0 Å². The average molecular weight is 343 g/mol. The third-order valence-corrected chi connectivity index (χ3v) is 5.66. The zero-order valence-corrected chi connectivity index (χ0v) is 13.6. The molecule has 3 rings (SSSR count). The summed E-state index contributed by atoms with van der Waals surface area (Å²) in [5.41, 5.74) is 2.56. The average Bonchev–Trinajstić information content (AvgIpc) is 2.46. The van der Waals surface area contributed by atoms with Crippen LogP contribution in [0.2, 0.25) is 0 Å². The fourth-order valence-corrected chi connectivity index (χ4v) is 4.61. The molecule has 1 nitrogen and oxygen atoms in total. The second-order valence-corrected chi connectivity index (χ2v) is 6.99. The van der Waals surface area contributed by atoms with Gasteiger partial charge in [-0.2, -0.15) is 0 Å². The summed E-state index contributed by atoms with van der Waals surface area (Å²) in [6.07, 6.45) is 8.40. The highest BCUT2D eigenvalue weighted by molar-refractivity contribution is 9.10. The molecule has 0 N–H and O–H groups in total. The van der Waals surface area contributed by atoms with Crippen LogP contribution in [0.25, 0.3) is 0 Å². The second kappa shape index (κ2) is 6.05. The standard InChI is InChI=1S/C16H21BrClN/c17-14-10-12(11-18)7-8-16(14)19-9-3-5-13-4-1-2-6-15(13)19/h7-8,10,13,15H,1-6,9,11H2. The number of nitrogens with zero attached hydrogens (tertiary/aromatic N) is 1. The Kier molecular flexibility index (Phi) is 4.38. The van der Waals surface area contributed by atoms with Gasteiger partial charge in [-0.05, 0) is 65.2 Å². The summed E-state index contributed by atoms with van der Waals surface area (Å²) >= 11 is 9.65. The van der Waals surface area contributed by atoms with Crippen LogP contribution in [0.4, 0.5) is 5.69 Å². The van der Waals surface area contributed by atoms with E-state index in [1.807, 2.05) is 0 Å². The summed E-state index contributed by atoms with van der Waals surface area (Å²) in [6.45, 7) is 1.21. The first-order chi connectivity index (χ1) is 9.29. The van der Waals surface area contributed by atoms with Gasteiger partial charge in [-0.3, -0.25) is 0 Å². The molecular weight excluding hydrogens is 322 g/mol. The fourth-order valence-electron chi connectivity index (χ4n) is 3.79. The van der Waals surface area contributed by atoms with E-state index >= 15 is 0 Å². The maximum atomic E-state index is 5.91. The molecule has 1 aromatic carbocycles. The van der Waals surface area contributed by atoms with E-state index in [0.29, 0.717) is 5.88 Å². The van der Waals surface area contributed by atoms with Crippen LogP contribution in [0.5, 0.6) is 0 Å². The van der Waals surface area contributed by atoms with Crippen LogP contribution in [-0.2, 0) is 5.88 Å². The lowest BCUT2D eigenvalue weighted by molar-refractivity contribution is 0.243. The maximum Gasteiger partial charge on any atom is 0.0513 e. The van der Waals surface area contributed by atoms with Crippen molar-refractivity contribution in [2.45, 2.75) is 50.4 Å². The lowest BCUT2D eigenvalue weighted by Gasteiger charge is -2.45. The van der Waals surface area contributed by atoms with Gasteiger partial charge in [-0.25, -0.2) is 0 Å². The van der Waals surface area contributed by atoms with Crippen molar-refractivity contribution in [2.75, 3.05) is 11.4 Å². The molecule has 2 unspecified atom stereocenters. The minimum atomic E-state index is 0.588. The third kappa shape index (κ3) is 2.80. The van der Waals surface area contributed by atoms with Gasteiger partial charge < -0.3 is 4.90 Å². The molecule has 1 aromatic rings. The predicted molar refractivity (Wildman–Crippen MR) is 86.0 cm³/mol. The van der Waals surface area contributed by atoms with Crippen LogP contribution in [-0.4, -0.2) is 12.6 Å². The Morgan fingerprint density at radius 2 is 1.95 bits per heavy atom. The van der Waals surface area contributed by atoms with E-state index in [-0.39, 0.29) is 0 Å². The SMILES string of the molecule is ClCc1ccc(N2CCCC3CCCCC32)c(Br)c1. The number of alkyl halides is 1. The highest BCUT2D eigenvalue weighted by atomic mass is 79.9. The number of anilines is 1. The van der Waals surface area contributed by atoms with Crippen LogP contribution in [0, 0.1) is 5.92 Å². The summed E-state index contributed by atoms with van der Waals surface area (Å²) in [5, 5.41) is 0. The Bertz CT molecular complexity index is 446. The minimum Gasteiger partial charge on any atom is -0.367 e. The summed E-state index contributed by atoms with van der Waals surface area (Å²) in [4.78, 5) is 2.65. The summed E-state index contributed by atoms with van der Waals surface area (Å²) in [5.74, 6) is 1.51. The van der Waals surface area contributed by atoms with Crippen LogP contribution in [0.1, 0.15) is 44.1 Å². The van der Waals surface area contributed by atoms with Gasteiger partial charge in [0.1, 0.15) is 0 Å². The van der Waals surface area contributed by atoms with Crippen molar-refractivity contribution in [3.63, 3.8) is 0 Å². The normalized spacial score (nSPS) is 27.2. The van der Waals surface area contributed by atoms with Gasteiger partial charge >= 0.3 is 0 Å². The lowest BCUT2D eigenvalue weighted by Crippen LogP contribution is -2.47. The second-order valence-electron chi connectivity index (χ2n) is 5.87. The number of fused-ring (bicyclic) bond motifs is 1. The number of hydrogen-bond acceptors (Lipinski definition) is 1. The highest BCUT2D eigenvalue weighted by Gasteiger charge is 2.33. The molecule has 2 atom stereocenters. The molecule has 3 heteroatoms. The monoisotopic (exact) mass is 341 g/mol. The van der Waals surface area contributed by atoms with Crippen molar-refractivity contribution < 1.29 is 0 Å². The van der Waals surface area contributed by atoms with Crippen molar-refractivity contribution >= 4 is 33.2 Å². The quantitative estimate of drug-likeness (QED) is 0.655. The largest absolute Gasteiger partial charge is 0.367 e. The van der Waals surface area contributed by atoms with Crippen molar-refractivity contribution in [1.29, 1.82) is 0 Å². The van der Waals surface area contributed by atoms with Crippen LogP contribution in [0.15, 0.2) is 22.7 Å². The van der Waals surface area contributed by atoms with Crippen molar-refractivity contribution in [3.05, 3.63) is 28.2 Å². The van der Waals surface area contributed by atoms with Crippen molar-refractivity contribution in [1.82, 2.24) is 0 Å². The van der Waals surface area contributed by atoms with E-state index in [9.17, 15) is 0 Å². The topological polar surface area (TPSA) is 3.24 Å². The molecule has 0 bridgehead atoms. The molecular formula is C16H21BrClN. The summed E-state index contributed by atoms with van der Waals surface area (Å²) in [7, 11) is 0. The summed E-state index contributed by atoms with van der Waals surface area (Å²) < 4.78 is 1.21. The Balaban J connectivity index is 1.87. The Morgan fingerprint density at radius 3 is 2.74 bits per heavy atom. The van der Waals surface area contributed by atoms with Gasteiger partial charge in [0.05, 0.1) is 5.69 Å². The molecule has 0 aromatic heterocycles. The zero-order chi connectivity index (χ0) is 13.2. The molecule has 0 amide bonds. The van der Waals surface area contributed by atoms with Gasteiger partial charge in [-0.15, -0.1) is 11.6 Å². The first kappa shape index (κ1) is 13.8. The smallest absolute Gasteiger partial charge is 0.0513 e. The van der Waals surface area contributed by atoms with Crippen LogP contribution < -0.4 is 4.90 Å². The highest BCUT2D eigenvalue weighted by Crippen LogP contribution is 2.40. The first-order valence-electron chi connectivity index (χ1n) is 7.40. The molecule has 1 heterocycles. The Morgan fingerprint density at radius 1 is 1.16 bits per heavy atom. The van der Waals surface area contributed by atoms with Gasteiger partial charge in [-0.1, -0.05) is 18.9 Å². The van der Waals surface area contributed by atoms with Crippen LogP contribution in [0.3, 0.4) is 0 Å². The van der Waals surface area contributed by atoms with Crippen LogP contribution >= 0.6 is 27.5 Å². The van der Waals surface area contributed by atoms with E-state index in [4.69, 9.17) is 11.6 Å². The van der Waals surface area contributed by atoms with E-state index in [2.05, 4.69) is 39.0 Å². The fraction of sp³-hybridized carbons (Fsp3) is 0.625. The predicted octanol–water partition coefficient (Wildman–Crippen LogP) is 5.35. The summed E-state index contributed by atoms with van der Waals surface area (Å²) in [6, 6.07) is 7.35. The number of halogens is 2. The maximum absolute atomic E-state index is 5.91. The number of piperidine rings is 1. The Hall–Kier alpha value is -0.210. The molecule has 1 saturated carbocycles. The lowest BCUT2D eigenvalue weighted by atomic mass is 9.78. The zero-order valence-electron chi connectivity index (χ0n) is 11.2. The first-order valence-corrected chi connectivity index (χ1v) is 8.73. The molecule has 2 aliphatic rings. The molecule has 19 heavy (non-hydrogen) atoms. The van der Waals surface area contributed by atoms with E-state index < -0.39 is 0 Å². The molecule has 1 saturated heterocycles. The number of rotatable bonds is 2. The number of benzene rings is 1. The number of hydrogen-bond donors (Lipinski definition) is 0. The molecule has 0 radical (unpaired) electrons. The van der Waals surface area contributed by atoms with Gasteiger partial charge in [0.25, 0.3) is 0 Å². The van der Waals surface area contributed by atoms with Crippen molar-refractivity contribution in [2.24, 2.45) is 5.92 Å². The Labute approximate surface area is 129 Å². The third-order valence-electron chi connectivity index (χ3n) is 4.72. The van der Waals surface area contributed by atoms with Gasteiger partial charge in [0.2, 0.25) is 0 Å². The minimum absolute atomic E-state index is 0.588. The molecule has 104 valence electrons. The van der Waals surface area contributed by atoms with Gasteiger partial charge in [0.15, 0.2) is 0 Å². The van der Waals surface area contributed by atoms with E-state index in [0.717, 1.165) is 12.0 Å². The van der Waals surface area contributed by atoms with E-state index in [1.165, 1.54) is 60.8 Å². The molecule has 1 aliphatic heterocycles. The van der Waals surface area contributed by atoms with E-state index in [1.54, 1.807) is 0 Å². The molecule has 0 spiro atoms.